The fourth-order valence-electron chi connectivity index (χ4n) is 0.912. The number of esters is 1. The highest BCUT2D eigenvalue weighted by Crippen LogP contribution is 1.99. The van der Waals surface area contributed by atoms with Crippen molar-refractivity contribution in [3.8, 4) is 0 Å². The van der Waals surface area contributed by atoms with Crippen molar-refractivity contribution in [2.75, 3.05) is 40.6 Å². The number of hydrogen-bond donors (Lipinski definition) is 0. The lowest BCUT2D eigenvalue weighted by molar-refractivity contribution is -0.909. The maximum absolute atomic E-state index is 11.1. The topological polar surface area (TPSA) is 35.5 Å². The van der Waals surface area contributed by atoms with Gasteiger partial charge in [-0.2, -0.15) is 0 Å². The summed E-state index contributed by atoms with van der Waals surface area (Å²) in [6.45, 7) is 9.57. The summed E-state index contributed by atoms with van der Waals surface area (Å²) >= 11 is 0. The van der Waals surface area contributed by atoms with Gasteiger partial charge < -0.3 is 14.0 Å². The molecule has 0 aromatic rings. The highest BCUT2D eigenvalue weighted by molar-refractivity contribution is 5.86. The zero-order valence-corrected chi connectivity index (χ0v) is 10.2. The summed E-state index contributed by atoms with van der Waals surface area (Å²) in [6, 6.07) is 0. The van der Waals surface area contributed by atoms with Gasteiger partial charge in [-0.05, 0) is 13.8 Å². The molecule has 0 aliphatic carbocycles. The minimum Gasteiger partial charge on any atom is -0.456 e. The van der Waals surface area contributed by atoms with Crippen LogP contribution < -0.4 is 0 Å². The number of quaternary nitrogens is 1. The molecule has 0 aliphatic rings. The summed E-state index contributed by atoms with van der Waals surface area (Å²) in [6.07, 6.45) is 0. The van der Waals surface area contributed by atoms with Crippen LogP contribution >= 0.6 is 0 Å². The van der Waals surface area contributed by atoms with Crippen molar-refractivity contribution < 1.29 is 18.8 Å². The summed E-state index contributed by atoms with van der Waals surface area (Å²) in [5.74, 6) is -0.327. The highest BCUT2D eigenvalue weighted by Gasteiger charge is 2.15. The van der Waals surface area contributed by atoms with E-state index in [0.29, 0.717) is 30.0 Å². The molecule has 4 heteroatoms. The van der Waals surface area contributed by atoms with Crippen LogP contribution in [0.15, 0.2) is 12.2 Å². The van der Waals surface area contributed by atoms with Crippen LogP contribution in [0.4, 0.5) is 0 Å². The van der Waals surface area contributed by atoms with Crippen LogP contribution in [0.5, 0.6) is 0 Å². The van der Waals surface area contributed by atoms with E-state index in [-0.39, 0.29) is 5.97 Å². The fourth-order valence-corrected chi connectivity index (χ4v) is 0.912. The van der Waals surface area contributed by atoms with Crippen LogP contribution in [0.2, 0.25) is 0 Å². The Morgan fingerprint density at radius 2 is 2.00 bits per heavy atom. The van der Waals surface area contributed by atoms with Crippen molar-refractivity contribution in [1.82, 2.24) is 0 Å². The van der Waals surface area contributed by atoms with Crippen LogP contribution in [0.25, 0.3) is 0 Å². The third-order valence-corrected chi connectivity index (χ3v) is 1.92. The number of likely N-dealkylation sites (N-methyl/N-ethyl adjacent to an activating group) is 1. The number of rotatable bonds is 7. The maximum atomic E-state index is 11.1. The Kier molecular flexibility index (Phi) is 6.20. The minimum atomic E-state index is -0.327. The van der Waals surface area contributed by atoms with Crippen molar-refractivity contribution in [3.05, 3.63) is 12.2 Å². The zero-order valence-electron chi connectivity index (χ0n) is 10.2. The van der Waals surface area contributed by atoms with Crippen LogP contribution in [0, 0.1) is 0 Å². The molecule has 0 rings (SSSR count). The molecule has 0 saturated heterocycles. The third-order valence-electron chi connectivity index (χ3n) is 1.92. The molecule has 0 atom stereocenters. The largest absolute Gasteiger partial charge is 0.456 e. The van der Waals surface area contributed by atoms with Crippen molar-refractivity contribution >= 4 is 5.97 Å². The van der Waals surface area contributed by atoms with Gasteiger partial charge in [-0.25, -0.2) is 4.79 Å². The Hall–Kier alpha value is -0.870. The molecular formula is C11H22NO3+. The molecule has 0 heterocycles. The molecule has 0 spiro atoms. The minimum absolute atomic E-state index is 0.327. The summed E-state index contributed by atoms with van der Waals surface area (Å²) in [5.41, 5.74) is 0.435. The molecule has 0 amide bonds. The second-order valence-electron chi connectivity index (χ2n) is 4.20. The predicted molar refractivity (Wildman–Crippen MR) is 59.2 cm³/mol. The molecule has 0 bridgehead atoms. The molecular weight excluding hydrogens is 194 g/mol. The van der Waals surface area contributed by atoms with E-state index in [0.717, 1.165) is 6.54 Å². The number of hydrogen-bond acceptors (Lipinski definition) is 3. The molecule has 0 aromatic carbocycles. The van der Waals surface area contributed by atoms with Gasteiger partial charge in [-0.15, -0.1) is 0 Å². The smallest absolute Gasteiger partial charge is 0.333 e. The average Bonchev–Trinajstić information content (AvgIpc) is 2.14. The van der Waals surface area contributed by atoms with Crippen molar-refractivity contribution in [3.63, 3.8) is 0 Å². The quantitative estimate of drug-likeness (QED) is 0.277. The molecule has 0 saturated carbocycles. The van der Waals surface area contributed by atoms with E-state index in [1.807, 2.05) is 21.0 Å². The number of ether oxygens (including phenoxy) is 2. The van der Waals surface area contributed by atoms with Crippen LogP contribution in [-0.2, 0) is 14.3 Å². The van der Waals surface area contributed by atoms with Gasteiger partial charge >= 0.3 is 5.97 Å². The van der Waals surface area contributed by atoms with Crippen LogP contribution in [0.3, 0.4) is 0 Å². The average molecular weight is 216 g/mol. The van der Waals surface area contributed by atoms with E-state index in [4.69, 9.17) is 9.47 Å². The first-order valence-corrected chi connectivity index (χ1v) is 5.11. The van der Waals surface area contributed by atoms with Gasteiger partial charge in [0.2, 0.25) is 0 Å². The second-order valence-corrected chi connectivity index (χ2v) is 4.20. The Labute approximate surface area is 92.1 Å². The van der Waals surface area contributed by atoms with Gasteiger partial charge in [0, 0.05) is 12.2 Å². The van der Waals surface area contributed by atoms with E-state index in [9.17, 15) is 4.79 Å². The lowest BCUT2D eigenvalue weighted by Gasteiger charge is -2.28. The second kappa shape index (κ2) is 6.58. The summed E-state index contributed by atoms with van der Waals surface area (Å²) < 4.78 is 11.0. The van der Waals surface area contributed by atoms with E-state index < -0.39 is 0 Å². The molecule has 0 radical (unpaired) electrons. The molecule has 0 aliphatic heterocycles. The first-order chi connectivity index (χ1) is 6.89. The van der Waals surface area contributed by atoms with Gasteiger partial charge in [0.15, 0.2) is 6.73 Å². The number of carbonyl (C=O) groups excluding carboxylic acids is 1. The molecule has 0 fully saturated rings. The highest BCUT2D eigenvalue weighted by atomic mass is 16.5. The van der Waals surface area contributed by atoms with Crippen molar-refractivity contribution in [2.45, 2.75) is 13.8 Å². The molecule has 0 N–H and O–H groups in total. The molecule has 88 valence electrons. The molecule has 4 nitrogen and oxygen atoms in total. The van der Waals surface area contributed by atoms with E-state index >= 15 is 0 Å². The van der Waals surface area contributed by atoms with E-state index in [2.05, 4.69) is 6.58 Å². The van der Waals surface area contributed by atoms with E-state index in [1.165, 1.54) is 0 Å². The predicted octanol–water partition coefficient (Wildman–Crippen LogP) is 1.18. The Morgan fingerprint density at radius 3 is 2.47 bits per heavy atom. The number of carbonyl (C=O) groups is 1. The van der Waals surface area contributed by atoms with Gasteiger partial charge in [-0.3, -0.25) is 0 Å². The van der Waals surface area contributed by atoms with Gasteiger partial charge in [0.1, 0.15) is 13.2 Å². The summed E-state index contributed by atoms with van der Waals surface area (Å²) in [4.78, 5) is 11.1. The van der Waals surface area contributed by atoms with Crippen LogP contribution in [0.1, 0.15) is 13.8 Å². The van der Waals surface area contributed by atoms with Crippen molar-refractivity contribution in [2.24, 2.45) is 0 Å². The first-order valence-electron chi connectivity index (χ1n) is 5.11. The Balaban J connectivity index is 3.74. The lowest BCUT2D eigenvalue weighted by Crippen LogP contribution is -2.44. The van der Waals surface area contributed by atoms with Crippen LogP contribution in [-0.4, -0.2) is 51.0 Å². The Morgan fingerprint density at radius 1 is 1.40 bits per heavy atom. The normalized spacial score (nSPS) is 11.2. The zero-order chi connectivity index (χ0) is 11.9. The molecule has 15 heavy (non-hydrogen) atoms. The van der Waals surface area contributed by atoms with Gasteiger partial charge in [0.05, 0.1) is 14.1 Å². The summed E-state index contributed by atoms with van der Waals surface area (Å²) in [7, 11) is 4.06. The standard InChI is InChI=1S/C11H22NO3/c1-6-14-9-12(4,5)7-8-15-11(13)10(2)3/h2,6-9H2,1,3-5H3/q+1. The SMILES string of the molecule is C=C(C)C(=O)OCC[N+](C)(C)COCC. The van der Waals surface area contributed by atoms with Crippen molar-refractivity contribution in [1.29, 1.82) is 0 Å². The van der Waals surface area contributed by atoms with Gasteiger partial charge in [0.25, 0.3) is 0 Å². The van der Waals surface area contributed by atoms with E-state index in [1.54, 1.807) is 6.92 Å². The summed E-state index contributed by atoms with van der Waals surface area (Å²) in [5, 5.41) is 0. The first kappa shape index (κ1) is 14.1. The molecule has 0 unspecified atom stereocenters. The maximum Gasteiger partial charge on any atom is 0.333 e. The molecule has 0 aromatic heterocycles. The monoisotopic (exact) mass is 216 g/mol. The lowest BCUT2D eigenvalue weighted by atomic mass is 10.4. The fraction of sp³-hybridized carbons (Fsp3) is 0.727. The Bertz CT molecular complexity index is 224. The number of nitrogens with zero attached hydrogens (tertiary/aromatic N) is 1. The van der Waals surface area contributed by atoms with Gasteiger partial charge in [-0.1, -0.05) is 6.58 Å². The third kappa shape index (κ3) is 7.11.